The van der Waals surface area contributed by atoms with Crippen LogP contribution < -0.4 is 9.47 Å². The summed E-state index contributed by atoms with van der Waals surface area (Å²) < 4.78 is 10.9. The van der Waals surface area contributed by atoms with Crippen LogP contribution >= 0.6 is 0 Å². The van der Waals surface area contributed by atoms with E-state index in [9.17, 15) is 4.79 Å². The van der Waals surface area contributed by atoms with Crippen LogP contribution in [0.3, 0.4) is 0 Å². The van der Waals surface area contributed by atoms with Crippen molar-refractivity contribution in [2.24, 2.45) is 0 Å². The van der Waals surface area contributed by atoms with E-state index in [1.807, 2.05) is 36.4 Å². The summed E-state index contributed by atoms with van der Waals surface area (Å²) in [6.07, 6.45) is 3.69. The molecule has 0 unspecified atom stereocenters. The Bertz CT molecular complexity index is 813. The zero-order valence-electron chi connectivity index (χ0n) is 13.7. The Labute approximate surface area is 141 Å². The van der Waals surface area contributed by atoms with Crippen molar-refractivity contribution in [2.45, 2.75) is 18.6 Å². The van der Waals surface area contributed by atoms with Gasteiger partial charge < -0.3 is 9.47 Å². The predicted molar refractivity (Wildman–Crippen MR) is 91.2 cm³/mol. The van der Waals surface area contributed by atoms with Crippen LogP contribution in [-0.4, -0.2) is 24.9 Å². The number of methoxy groups -OCH3 is 2. The maximum atomic E-state index is 12.6. The van der Waals surface area contributed by atoms with E-state index in [0.29, 0.717) is 11.5 Å². The standard InChI is InChI=1S/C20H19NO3/c1-23-18-10-14-15(11-19(18)24-2)20-17(22)9-8-16(14)21(20)12-13-6-4-3-5-7-13/h3-11,16,20H,12H2,1-2H3/t16-,20-/m0/s1. The molecule has 4 nitrogen and oxygen atoms in total. The van der Waals surface area contributed by atoms with Gasteiger partial charge in [-0.2, -0.15) is 0 Å². The molecule has 2 heterocycles. The molecule has 24 heavy (non-hydrogen) atoms. The van der Waals surface area contributed by atoms with E-state index in [4.69, 9.17) is 9.47 Å². The minimum atomic E-state index is -0.255. The number of rotatable bonds is 4. The number of nitrogens with zero attached hydrogens (tertiary/aromatic N) is 1. The largest absolute Gasteiger partial charge is 0.493 e. The van der Waals surface area contributed by atoms with Gasteiger partial charge >= 0.3 is 0 Å². The van der Waals surface area contributed by atoms with Crippen LogP contribution in [0.4, 0.5) is 0 Å². The average molecular weight is 321 g/mol. The van der Waals surface area contributed by atoms with Gasteiger partial charge in [-0.25, -0.2) is 0 Å². The SMILES string of the molecule is COc1cc2c(cc1OC)[C@@H]1C=CC(=O)[C@H]2N1Cc1ccccc1. The quantitative estimate of drug-likeness (QED) is 0.865. The number of hydrogen-bond donors (Lipinski definition) is 0. The Hall–Kier alpha value is -2.59. The number of fused-ring (bicyclic) bond motifs is 5. The summed E-state index contributed by atoms with van der Waals surface area (Å²) in [5, 5.41) is 0. The van der Waals surface area contributed by atoms with Gasteiger partial charge in [0.05, 0.1) is 26.3 Å². The van der Waals surface area contributed by atoms with E-state index in [-0.39, 0.29) is 17.9 Å². The number of ketones is 1. The molecule has 122 valence electrons. The zero-order chi connectivity index (χ0) is 16.7. The second-order valence-electron chi connectivity index (χ2n) is 6.10. The third-order valence-corrected chi connectivity index (χ3v) is 4.81. The molecule has 2 aromatic rings. The van der Waals surface area contributed by atoms with E-state index in [1.54, 1.807) is 20.3 Å². The molecule has 2 aromatic carbocycles. The molecule has 4 rings (SSSR count). The first-order valence-corrected chi connectivity index (χ1v) is 8.00. The smallest absolute Gasteiger partial charge is 0.177 e. The second-order valence-corrected chi connectivity index (χ2v) is 6.10. The first kappa shape index (κ1) is 15.0. The average Bonchev–Trinajstić information content (AvgIpc) is 2.82. The van der Waals surface area contributed by atoms with E-state index in [1.165, 1.54) is 5.56 Å². The van der Waals surface area contributed by atoms with E-state index >= 15 is 0 Å². The minimum Gasteiger partial charge on any atom is -0.493 e. The monoisotopic (exact) mass is 321 g/mol. The van der Waals surface area contributed by atoms with E-state index < -0.39 is 0 Å². The van der Waals surface area contributed by atoms with Gasteiger partial charge in [-0.1, -0.05) is 36.4 Å². The van der Waals surface area contributed by atoms with Crippen LogP contribution in [0.25, 0.3) is 0 Å². The van der Waals surface area contributed by atoms with Crippen molar-refractivity contribution in [2.75, 3.05) is 14.2 Å². The van der Waals surface area contributed by atoms with Crippen molar-refractivity contribution in [1.29, 1.82) is 0 Å². The summed E-state index contributed by atoms with van der Waals surface area (Å²) in [5.41, 5.74) is 3.33. The highest BCUT2D eigenvalue weighted by molar-refractivity contribution is 5.97. The lowest BCUT2D eigenvalue weighted by molar-refractivity contribution is -0.120. The van der Waals surface area contributed by atoms with Gasteiger partial charge in [0.25, 0.3) is 0 Å². The molecule has 0 spiro atoms. The summed E-state index contributed by atoms with van der Waals surface area (Å²) in [7, 11) is 3.25. The van der Waals surface area contributed by atoms with Gasteiger partial charge in [-0.3, -0.25) is 9.69 Å². The number of carbonyl (C=O) groups is 1. The van der Waals surface area contributed by atoms with Gasteiger partial charge in [0, 0.05) is 6.54 Å². The number of ether oxygens (including phenoxy) is 2. The van der Waals surface area contributed by atoms with Gasteiger partial charge in [-0.05, 0) is 34.9 Å². The molecule has 4 heteroatoms. The third-order valence-electron chi connectivity index (χ3n) is 4.81. The number of benzene rings is 2. The van der Waals surface area contributed by atoms with Crippen molar-refractivity contribution < 1.29 is 14.3 Å². The maximum Gasteiger partial charge on any atom is 0.177 e. The fourth-order valence-electron chi connectivity index (χ4n) is 3.71. The summed E-state index contributed by atoms with van der Waals surface area (Å²) >= 11 is 0. The fraction of sp³-hybridized carbons (Fsp3) is 0.250. The zero-order valence-corrected chi connectivity index (χ0v) is 13.7. The summed E-state index contributed by atoms with van der Waals surface area (Å²) in [4.78, 5) is 14.8. The molecule has 0 N–H and O–H groups in total. The normalized spacial score (nSPS) is 21.7. The lowest BCUT2D eigenvalue weighted by Crippen LogP contribution is -2.32. The number of carbonyl (C=O) groups excluding carboxylic acids is 1. The lowest BCUT2D eigenvalue weighted by atomic mass is 10.0. The Morgan fingerprint density at radius 3 is 2.33 bits per heavy atom. The van der Waals surface area contributed by atoms with Crippen LogP contribution in [0.5, 0.6) is 11.5 Å². The lowest BCUT2D eigenvalue weighted by Gasteiger charge is -2.30. The highest BCUT2D eigenvalue weighted by atomic mass is 16.5. The number of hydrogen-bond acceptors (Lipinski definition) is 4. The van der Waals surface area contributed by atoms with Crippen molar-refractivity contribution in [3.63, 3.8) is 0 Å². The van der Waals surface area contributed by atoms with Gasteiger partial charge in [0.2, 0.25) is 0 Å². The fourth-order valence-corrected chi connectivity index (χ4v) is 3.71. The third kappa shape index (κ3) is 2.22. The maximum absolute atomic E-state index is 12.6. The second kappa shape index (κ2) is 5.80. The van der Waals surface area contributed by atoms with Crippen molar-refractivity contribution >= 4 is 5.78 Å². The van der Waals surface area contributed by atoms with Gasteiger partial charge in [-0.15, -0.1) is 0 Å². The molecular formula is C20H19NO3. The molecule has 2 aliphatic heterocycles. The van der Waals surface area contributed by atoms with Gasteiger partial charge in [0.1, 0.15) is 0 Å². The first-order chi connectivity index (χ1) is 11.7. The molecule has 0 amide bonds. The topological polar surface area (TPSA) is 38.8 Å². The molecule has 0 saturated carbocycles. The van der Waals surface area contributed by atoms with Crippen LogP contribution in [0.2, 0.25) is 0 Å². The molecule has 0 radical (unpaired) electrons. The Morgan fingerprint density at radius 2 is 1.67 bits per heavy atom. The predicted octanol–water partition coefficient (Wildman–Crippen LogP) is 3.44. The van der Waals surface area contributed by atoms with Gasteiger partial charge in [0.15, 0.2) is 17.3 Å². The highest BCUT2D eigenvalue weighted by Crippen LogP contribution is 2.50. The van der Waals surface area contributed by atoms with E-state index in [2.05, 4.69) is 17.0 Å². The first-order valence-electron chi connectivity index (χ1n) is 8.00. The highest BCUT2D eigenvalue weighted by Gasteiger charge is 2.43. The summed E-state index contributed by atoms with van der Waals surface area (Å²) in [6, 6.07) is 14.0. The summed E-state index contributed by atoms with van der Waals surface area (Å²) in [6.45, 7) is 0.728. The molecule has 2 aliphatic rings. The Morgan fingerprint density at radius 1 is 1.00 bits per heavy atom. The molecular weight excluding hydrogens is 302 g/mol. The molecule has 0 fully saturated rings. The molecule has 0 saturated heterocycles. The molecule has 0 aliphatic carbocycles. The molecule has 2 bridgehead atoms. The van der Waals surface area contributed by atoms with Crippen LogP contribution in [0.15, 0.2) is 54.6 Å². The molecule has 0 aromatic heterocycles. The Kier molecular flexibility index (Phi) is 3.62. The Balaban J connectivity index is 1.79. The van der Waals surface area contributed by atoms with E-state index in [0.717, 1.165) is 17.7 Å². The minimum absolute atomic E-state index is 0.0858. The van der Waals surface area contributed by atoms with Crippen LogP contribution in [-0.2, 0) is 11.3 Å². The molecule has 2 atom stereocenters. The summed E-state index contributed by atoms with van der Waals surface area (Å²) in [5.74, 6) is 1.48. The van der Waals surface area contributed by atoms with Crippen molar-refractivity contribution in [1.82, 2.24) is 4.90 Å². The van der Waals surface area contributed by atoms with Crippen molar-refractivity contribution in [3.05, 3.63) is 71.3 Å². The van der Waals surface area contributed by atoms with Crippen molar-refractivity contribution in [3.8, 4) is 11.5 Å². The van der Waals surface area contributed by atoms with Crippen LogP contribution in [0.1, 0.15) is 28.8 Å². The van der Waals surface area contributed by atoms with Crippen LogP contribution in [0, 0.1) is 0 Å².